The molecule has 0 amide bonds. The van der Waals surface area contributed by atoms with Gasteiger partial charge in [-0.3, -0.25) is 0 Å². The van der Waals surface area contributed by atoms with Crippen LogP contribution in [0.3, 0.4) is 0 Å². The standard InChI is InChI=1S/C11H18ClN3/c1-2-10(9-6-4-3-5-7-9)15-8-13-14-11(15)12/h8-10H,2-7H2,1H3. The summed E-state index contributed by atoms with van der Waals surface area (Å²) in [6.45, 7) is 2.22. The number of hydrogen-bond acceptors (Lipinski definition) is 2. The molecule has 1 heterocycles. The molecular formula is C11H18ClN3. The highest BCUT2D eigenvalue weighted by Gasteiger charge is 2.24. The van der Waals surface area contributed by atoms with Crippen LogP contribution in [0, 0.1) is 5.92 Å². The summed E-state index contributed by atoms with van der Waals surface area (Å²) in [7, 11) is 0. The van der Waals surface area contributed by atoms with Gasteiger partial charge in [0, 0.05) is 6.04 Å². The second-order valence-corrected chi connectivity index (χ2v) is 4.72. The first kappa shape index (κ1) is 10.9. The lowest BCUT2D eigenvalue weighted by atomic mass is 9.83. The topological polar surface area (TPSA) is 30.7 Å². The zero-order valence-corrected chi connectivity index (χ0v) is 9.95. The van der Waals surface area contributed by atoms with Crippen molar-refractivity contribution in [2.45, 2.75) is 51.5 Å². The normalized spacial score (nSPS) is 20.4. The molecule has 1 saturated carbocycles. The molecule has 1 unspecified atom stereocenters. The van der Waals surface area contributed by atoms with E-state index >= 15 is 0 Å². The average Bonchev–Trinajstić information content (AvgIpc) is 2.68. The number of rotatable bonds is 3. The minimum Gasteiger partial charge on any atom is -0.301 e. The summed E-state index contributed by atoms with van der Waals surface area (Å²) in [5, 5.41) is 8.26. The first-order chi connectivity index (χ1) is 7.33. The predicted molar refractivity (Wildman–Crippen MR) is 60.9 cm³/mol. The van der Waals surface area contributed by atoms with Gasteiger partial charge in [-0.2, -0.15) is 0 Å². The molecule has 0 saturated heterocycles. The second kappa shape index (κ2) is 4.97. The molecule has 3 nitrogen and oxygen atoms in total. The third-order valence-electron chi connectivity index (χ3n) is 3.50. The van der Waals surface area contributed by atoms with Crippen molar-refractivity contribution in [1.82, 2.24) is 14.8 Å². The van der Waals surface area contributed by atoms with E-state index < -0.39 is 0 Å². The summed E-state index contributed by atoms with van der Waals surface area (Å²) >= 11 is 6.02. The largest absolute Gasteiger partial charge is 0.301 e. The van der Waals surface area contributed by atoms with E-state index in [4.69, 9.17) is 11.6 Å². The van der Waals surface area contributed by atoms with E-state index in [0.29, 0.717) is 11.3 Å². The maximum atomic E-state index is 6.02. The highest BCUT2D eigenvalue weighted by Crippen LogP contribution is 2.35. The molecule has 0 aromatic carbocycles. The molecule has 1 fully saturated rings. The lowest BCUT2D eigenvalue weighted by Gasteiger charge is -2.30. The van der Waals surface area contributed by atoms with Gasteiger partial charge in [-0.25, -0.2) is 0 Å². The maximum absolute atomic E-state index is 6.02. The fraction of sp³-hybridized carbons (Fsp3) is 0.818. The first-order valence-electron chi connectivity index (χ1n) is 5.88. The Morgan fingerprint density at radius 2 is 2.20 bits per heavy atom. The molecule has 1 aromatic rings. The SMILES string of the molecule is CCC(C1CCCCC1)n1cnnc1Cl. The fourth-order valence-electron chi connectivity index (χ4n) is 2.73. The van der Waals surface area contributed by atoms with Gasteiger partial charge in [-0.15, -0.1) is 10.2 Å². The van der Waals surface area contributed by atoms with Crippen LogP contribution in [0.5, 0.6) is 0 Å². The molecule has 1 aromatic heterocycles. The summed E-state index contributed by atoms with van der Waals surface area (Å²) in [4.78, 5) is 0. The third kappa shape index (κ3) is 2.33. The van der Waals surface area contributed by atoms with E-state index in [1.165, 1.54) is 32.1 Å². The third-order valence-corrected chi connectivity index (χ3v) is 3.77. The van der Waals surface area contributed by atoms with Gasteiger partial charge < -0.3 is 4.57 Å². The Hall–Kier alpha value is -0.570. The fourth-order valence-corrected chi connectivity index (χ4v) is 2.94. The number of hydrogen-bond donors (Lipinski definition) is 0. The Morgan fingerprint density at radius 3 is 2.73 bits per heavy atom. The van der Waals surface area contributed by atoms with Gasteiger partial charge in [0.05, 0.1) is 0 Å². The predicted octanol–water partition coefficient (Wildman–Crippen LogP) is 3.46. The minimum atomic E-state index is 0.493. The molecule has 0 radical (unpaired) electrons. The molecule has 2 rings (SSSR count). The van der Waals surface area contributed by atoms with Gasteiger partial charge in [0.15, 0.2) is 0 Å². The molecule has 4 heteroatoms. The molecule has 84 valence electrons. The van der Waals surface area contributed by atoms with Crippen LogP contribution < -0.4 is 0 Å². The first-order valence-corrected chi connectivity index (χ1v) is 6.25. The van der Waals surface area contributed by atoms with Crippen molar-refractivity contribution in [3.8, 4) is 0 Å². The van der Waals surface area contributed by atoms with E-state index in [9.17, 15) is 0 Å². The van der Waals surface area contributed by atoms with Crippen LogP contribution in [0.4, 0.5) is 0 Å². The molecule has 0 N–H and O–H groups in total. The zero-order chi connectivity index (χ0) is 10.7. The summed E-state index contributed by atoms with van der Waals surface area (Å²) in [5.74, 6) is 0.761. The second-order valence-electron chi connectivity index (χ2n) is 4.38. The maximum Gasteiger partial charge on any atom is 0.225 e. The van der Waals surface area contributed by atoms with E-state index in [1.807, 2.05) is 4.57 Å². The van der Waals surface area contributed by atoms with Gasteiger partial charge in [-0.1, -0.05) is 26.2 Å². The lowest BCUT2D eigenvalue weighted by Crippen LogP contribution is -2.21. The Labute approximate surface area is 95.8 Å². The molecule has 0 aliphatic heterocycles. The van der Waals surface area contributed by atoms with E-state index in [-0.39, 0.29) is 0 Å². The van der Waals surface area contributed by atoms with E-state index in [0.717, 1.165) is 12.3 Å². The molecule has 0 spiro atoms. The van der Waals surface area contributed by atoms with Crippen molar-refractivity contribution in [3.05, 3.63) is 11.6 Å². The summed E-state index contributed by atoms with van der Waals surface area (Å²) in [6.07, 6.45) is 9.65. The van der Waals surface area contributed by atoms with Gasteiger partial charge in [0.1, 0.15) is 6.33 Å². The molecule has 15 heavy (non-hydrogen) atoms. The van der Waals surface area contributed by atoms with Gasteiger partial charge in [0.2, 0.25) is 5.28 Å². The van der Waals surface area contributed by atoms with Crippen LogP contribution in [0.2, 0.25) is 5.28 Å². The van der Waals surface area contributed by atoms with Gasteiger partial charge in [-0.05, 0) is 36.8 Å². The quantitative estimate of drug-likeness (QED) is 0.792. The van der Waals surface area contributed by atoms with Crippen molar-refractivity contribution in [2.75, 3.05) is 0 Å². The summed E-state index contributed by atoms with van der Waals surface area (Å²) < 4.78 is 2.04. The van der Waals surface area contributed by atoms with Gasteiger partial charge in [0.25, 0.3) is 0 Å². The Kier molecular flexibility index (Phi) is 3.62. The smallest absolute Gasteiger partial charge is 0.225 e. The average molecular weight is 228 g/mol. The highest BCUT2D eigenvalue weighted by molar-refractivity contribution is 6.28. The Morgan fingerprint density at radius 1 is 1.47 bits per heavy atom. The molecular weight excluding hydrogens is 210 g/mol. The lowest BCUT2D eigenvalue weighted by molar-refractivity contribution is 0.242. The number of aromatic nitrogens is 3. The molecule has 1 aliphatic rings. The monoisotopic (exact) mass is 227 g/mol. The Balaban J connectivity index is 2.12. The van der Waals surface area contributed by atoms with Gasteiger partial charge >= 0.3 is 0 Å². The van der Waals surface area contributed by atoms with Crippen molar-refractivity contribution in [1.29, 1.82) is 0 Å². The van der Waals surface area contributed by atoms with E-state index in [2.05, 4.69) is 17.1 Å². The van der Waals surface area contributed by atoms with Crippen LogP contribution in [-0.2, 0) is 0 Å². The van der Waals surface area contributed by atoms with E-state index in [1.54, 1.807) is 6.33 Å². The van der Waals surface area contributed by atoms with Crippen molar-refractivity contribution in [2.24, 2.45) is 5.92 Å². The zero-order valence-electron chi connectivity index (χ0n) is 9.19. The molecule has 1 aliphatic carbocycles. The minimum absolute atomic E-state index is 0.493. The van der Waals surface area contributed by atoms with Crippen molar-refractivity contribution >= 4 is 11.6 Å². The van der Waals surface area contributed by atoms with Crippen LogP contribution in [-0.4, -0.2) is 14.8 Å². The number of nitrogens with zero attached hydrogens (tertiary/aromatic N) is 3. The van der Waals surface area contributed by atoms with Crippen molar-refractivity contribution in [3.63, 3.8) is 0 Å². The Bertz CT molecular complexity index is 305. The number of halogens is 1. The molecule has 1 atom stereocenters. The van der Waals surface area contributed by atoms with Crippen LogP contribution in [0.15, 0.2) is 6.33 Å². The van der Waals surface area contributed by atoms with Crippen LogP contribution in [0.1, 0.15) is 51.5 Å². The summed E-state index contributed by atoms with van der Waals surface area (Å²) in [6, 6.07) is 0.493. The van der Waals surface area contributed by atoms with Crippen LogP contribution in [0.25, 0.3) is 0 Å². The highest BCUT2D eigenvalue weighted by atomic mass is 35.5. The summed E-state index contributed by atoms with van der Waals surface area (Å²) in [5.41, 5.74) is 0. The van der Waals surface area contributed by atoms with Crippen molar-refractivity contribution < 1.29 is 0 Å². The molecule has 0 bridgehead atoms. The van der Waals surface area contributed by atoms with Crippen LogP contribution >= 0.6 is 11.6 Å².